The SMILES string of the molecule is CN(CCC#N)C(=O)CSc1nc2cc(Cl)ccc2c(=O)n1C1CCCCC1. The van der Waals surface area contributed by atoms with Crippen LogP contribution < -0.4 is 5.56 Å². The molecule has 0 N–H and O–H groups in total. The van der Waals surface area contributed by atoms with E-state index < -0.39 is 0 Å². The Kier molecular flexibility index (Phi) is 6.97. The van der Waals surface area contributed by atoms with Gasteiger partial charge in [-0.15, -0.1) is 0 Å². The van der Waals surface area contributed by atoms with E-state index in [1.807, 2.05) is 6.07 Å². The zero-order valence-corrected chi connectivity index (χ0v) is 17.4. The summed E-state index contributed by atoms with van der Waals surface area (Å²) in [6.07, 6.45) is 5.57. The summed E-state index contributed by atoms with van der Waals surface area (Å²) >= 11 is 7.37. The lowest BCUT2D eigenvalue weighted by molar-refractivity contribution is -0.127. The second kappa shape index (κ2) is 9.44. The fraction of sp³-hybridized carbons (Fsp3) is 0.500. The van der Waals surface area contributed by atoms with E-state index in [0.717, 1.165) is 25.7 Å². The molecule has 1 aromatic heterocycles. The molecule has 0 spiro atoms. The van der Waals surface area contributed by atoms with Gasteiger partial charge in [-0.1, -0.05) is 42.6 Å². The number of aromatic nitrogens is 2. The normalized spacial score (nSPS) is 14.8. The summed E-state index contributed by atoms with van der Waals surface area (Å²) in [6.45, 7) is 0.395. The summed E-state index contributed by atoms with van der Waals surface area (Å²) < 4.78 is 1.78. The van der Waals surface area contributed by atoms with Crippen molar-refractivity contribution >= 4 is 40.2 Å². The Morgan fingerprint density at radius 3 is 2.86 bits per heavy atom. The van der Waals surface area contributed by atoms with E-state index >= 15 is 0 Å². The van der Waals surface area contributed by atoms with Crippen LogP contribution in [0.2, 0.25) is 5.02 Å². The first-order chi connectivity index (χ1) is 13.5. The highest BCUT2D eigenvalue weighted by molar-refractivity contribution is 7.99. The van der Waals surface area contributed by atoms with Crippen LogP contribution in [0.5, 0.6) is 0 Å². The number of hydrogen-bond donors (Lipinski definition) is 0. The van der Waals surface area contributed by atoms with Crippen molar-refractivity contribution < 1.29 is 4.79 Å². The Bertz CT molecular complexity index is 963. The minimum atomic E-state index is -0.0871. The standard InChI is InChI=1S/C20H23ClN4O2S/c1-24(11-5-10-22)18(26)13-28-20-23-17-12-14(21)8-9-16(17)19(27)25(20)15-6-3-2-4-7-15/h8-9,12,15H,2-7,11,13H2,1H3. The van der Waals surface area contributed by atoms with Gasteiger partial charge in [-0.3, -0.25) is 14.2 Å². The molecule has 0 radical (unpaired) electrons. The van der Waals surface area contributed by atoms with Gasteiger partial charge in [0.1, 0.15) is 0 Å². The maximum Gasteiger partial charge on any atom is 0.262 e. The lowest BCUT2D eigenvalue weighted by Gasteiger charge is -2.26. The number of thioether (sulfide) groups is 1. The van der Waals surface area contributed by atoms with Crippen molar-refractivity contribution in [3.63, 3.8) is 0 Å². The van der Waals surface area contributed by atoms with Gasteiger partial charge in [-0.25, -0.2) is 4.98 Å². The van der Waals surface area contributed by atoms with Crippen LogP contribution in [0.25, 0.3) is 10.9 Å². The molecule has 0 bridgehead atoms. The number of fused-ring (bicyclic) bond motifs is 1. The van der Waals surface area contributed by atoms with E-state index in [0.29, 0.717) is 34.0 Å². The Morgan fingerprint density at radius 2 is 2.14 bits per heavy atom. The summed E-state index contributed by atoms with van der Waals surface area (Å²) in [5, 5.41) is 10.3. The molecular weight excluding hydrogens is 396 g/mol. The van der Waals surface area contributed by atoms with E-state index in [1.165, 1.54) is 23.1 Å². The first-order valence-corrected chi connectivity index (χ1v) is 10.8. The molecule has 1 aliphatic carbocycles. The van der Waals surface area contributed by atoms with Crippen molar-refractivity contribution in [2.24, 2.45) is 0 Å². The Morgan fingerprint density at radius 1 is 1.39 bits per heavy atom. The third kappa shape index (κ3) is 4.68. The summed E-state index contributed by atoms with van der Waals surface area (Å²) in [4.78, 5) is 31.8. The Hall–Kier alpha value is -2.04. The van der Waals surface area contributed by atoms with Crippen molar-refractivity contribution in [1.29, 1.82) is 5.26 Å². The Labute approximate surface area is 173 Å². The Balaban J connectivity index is 1.93. The van der Waals surface area contributed by atoms with E-state index in [1.54, 1.807) is 29.8 Å². The molecule has 0 aliphatic heterocycles. The number of nitriles is 1. The summed E-state index contributed by atoms with van der Waals surface area (Å²) in [5.41, 5.74) is 0.485. The van der Waals surface area contributed by atoms with Crippen molar-refractivity contribution in [3.05, 3.63) is 33.6 Å². The molecule has 1 saturated carbocycles. The number of halogens is 1. The highest BCUT2D eigenvalue weighted by Gasteiger charge is 2.23. The largest absolute Gasteiger partial charge is 0.344 e. The number of carbonyl (C=O) groups is 1. The minimum Gasteiger partial charge on any atom is -0.344 e. The van der Waals surface area contributed by atoms with Gasteiger partial charge < -0.3 is 4.90 Å². The molecule has 1 fully saturated rings. The van der Waals surface area contributed by atoms with Gasteiger partial charge in [-0.2, -0.15) is 5.26 Å². The molecule has 0 unspecified atom stereocenters. The van der Waals surface area contributed by atoms with Crippen LogP contribution in [-0.4, -0.2) is 39.7 Å². The minimum absolute atomic E-state index is 0.0682. The lowest BCUT2D eigenvalue weighted by Crippen LogP contribution is -2.31. The van der Waals surface area contributed by atoms with Gasteiger partial charge in [0.2, 0.25) is 5.91 Å². The van der Waals surface area contributed by atoms with Crippen LogP contribution in [0.4, 0.5) is 0 Å². The quantitative estimate of drug-likeness (QED) is 0.523. The van der Waals surface area contributed by atoms with E-state index in [9.17, 15) is 9.59 Å². The fourth-order valence-electron chi connectivity index (χ4n) is 3.49. The first kappa shape index (κ1) is 20.7. The second-order valence-electron chi connectivity index (χ2n) is 7.03. The molecule has 1 amide bonds. The molecule has 2 aromatic rings. The topological polar surface area (TPSA) is 79.0 Å². The van der Waals surface area contributed by atoms with Crippen molar-refractivity contribution in [1.82, 2.24) is 14.5 Å². The highest BCUT2D eigenvalue weighted by atomic mass is 35.5. The monoisotopic (exact) mass is 418 g/mol. The maximum atomic E-state index is 13.2. The molecule has 0 atom stereocenters. The second-order valence-corrected chi connectivity index (χ2v) is 8.41. The highest BCUT2D eigenvalue weighted by Crippen LogP contribution is 2.31. The molecule has 6 nitrogen and oxygen atoms in total. The van der Waals surface area contributed by atoms with E-state index in [4.69, 9.17) is 16.9 Å². The van der Waals surface area contributed by atoms with Gasteiger partial charge in [0.15, 0.2) is 5.16 Å². The molecule has 28 heavy (non-hydrogen) atoms. The average molecular weight is 419 g/mol. The van der Waals surface area contributed by atoms with Crippen molar-refractivity contribution in [2.45, 2.75) is 49.7 Å². The molecule has 1 heterocycles. The van der Waals surface area contributed by atoms with Crippen LogP contribution >= 0.6 is 23.4 Å². The van der Waals surface area contributed by atoms with Crippen LogP contribution in [0.15, 0.2) is 28.2 Å². The number of amides is 1. The molecule has 0 saturated heterocycles. The van der Waals surface area contributed by atoms with Crippen LogP contribution in [0.1, 0.15) is 44.6 Å². The summed E-state index contributed by atoms with van der Waals surface area (Å²) in [6, 6.07) is 7.27. The van der Waals surface area contributed by atoms with Gasteiger partial charge in [0.05, 0.1) is 29.1 Å². The van der Waals surface area contributed by atoms with Gasteiger partial charge >= 0.3 is 0 Å². The third-order valence-electron chi connectivity index (χ3n) is 5.08. The summed E-state index contributed by atoms with van der Waals surface area (Å²) in [7, 11) is 1.68. The number of hydrogen-bond acceptors (Lipinski definition) is 5. The number of carbonyl (C=O) groups excluding carboxylic acids is 1. The molecule has 3 rings (SSSR count). The predicted molar refractivity (Wildman–Crippen MR) is 112 cm³/mol. The molecule has 148 valence electrons. The van der Waals surface area contributed by atoms with Crippen LogP contribution in [0, 0.1) is 11.3 Å². The molecule has 1 aromatic carbocycles. The van der Waals surface area contributed by atoms with E-state index in [2.05, 4.69) is 4.98 Å². The first-order valence-electron chi connectivity index (χ1n) is 9.46. The zero-order chi connectivity index (χ0) is 20.1. The number of rotatable bonds is 6. The van der Waals surface area contributed by atoms with Crippen molar-refractivity contribution in [2.75, 3.05) is 19.3 Å². The predicted octanol–water partition coefficient (Wildman–Crippen LogP) is 4.02. The van der Waals surface area contributed by atoms with Gasteiger partial charge in [0, 0.05) is 24.7 Å². The summed E-state index contributed by atoms with van der Waals surface area (Å²) in [5.74, 6) is 0.0866. The number of nitrogens with zero attached hydrogens (tertiary/aromatic N) is 4. The molecule has 1 aliphatic rings. The smallest absolute Gasteiger partial charge is 0.262 e. The molecule has 8 heteroatoms. The van der Waals surface area contributed by atoms with Gasteiger partial charge in [0.25, 0.3) is 5.56 Å². The van der Waals surface area contributed by atoms with Crippen LogP contribution in [-0.2, 0) is 4.79 Å². The van der Waals surface area contributed by atoms with E-state index in [-0.39, 0.29) is 23.3 Å². The average Bonchev–Trinajstić information content (AvgIpc) is 2.70. The zero-order valence-electron chi connectivity index (χ0n) is 15.9. The molecular formula is C20H23ClN4O2S. The van der Waals surface area contributed by atoms with Crippen LogP contribution in [0.3, 0.4) is 0 Å². The van der Waals surface area contributed by atoms with Crippen molar-refractivity contribution in [3.8, 4) is 6.07 Å². The fourth-order valence-corrected chi connectivity index (χ4v) is 4.67. The van der Waals surface area contributed by atoms with Gasteiger partial charge in [-0.05, 0) is 31.0 Å². The number of benzene rings is 1. The third-order valence-corrected chi connectivity index (χ3v) is 6.25. The lowest BCUT2D eigenvalue weighted by atomic mass is 9.95. The maximum absolute atomic E-state index is 13.2.